The van der Waals surface area contributed by atoms with E-state index in [1.165, 1.54) is 0 Å². The fourth-order valence-electron chi connectivity index (χ4n) is 6.96. The first-order valence-electron chi connectivity index (χ1n) is 13.5. The Balaban J connectivity index is 1.24. The minimum atomic E-state index is -0.447. The smallest absolute Gasteiger partial charge is 0.248 e. The lowest BCUT2D eigenvalue weighted by molar-refractivity contribution is -0.0826. The number of amides is 1. The average Bonchev–Trinajstić information content (AvgIpc) is 3.27. The molecule has 2 saturated heterocycles. The van der Waals surface area contributed by atoms with Crippen LogP contribution in [-0.4, -0.2) is 66.0 Å². The summed E-state index contributed by atoms with van der Waals surface area (Å²) in [6.07, 6.45) is 5.22. The highest BCUT2D eigenvalue weighted by Gasteiger charge is 2.43. The van der Waals surface area contributed by atoms with Gasteiger partial charge in [0.2, 0.25) is 5.91 Å². The molecule has 7 nitrogen and oxygen atoms in total. The molecule has 7 heteroatoms. The first kappa shape index (κ1) is 24.3. The minimum absolute atomic E-state index is 0.0308. The summed E-state index contributed by atoms with van der Waals surface area (Å²) in [5.74, 6) is 0.539. The molecule has 6 rings (SSSR count). The van der Waals surface area contributed by atoms with Crippen LogP contribution in [0.25, 0.3) is 5.57 Å². The van der Waals surface area contributed by atoms with Gasteiger partial charge in [-0.3, -0.25) is 14.5 Å². The number of primary amides is 1. The second kappa shape index (κ2) is 8.77. The Morgan fingerprint density at radius 2 is 1.78 bits per heavy atom. The lowest BCUT2D eigenvalue weighted by Gasteiger charge is -2.44. The van der Waals surface area contributed by atoms with Gasteiger partial charge in [-0.1, -0.05) is 19.9 Å². The van der Waals surface area contributed by atoms with E-state index in [1.807, 2.05) is 12.1 Å². The van der Waals surface area contributed by atoms with Crippen LogP contribution in [0.1, 0.15) is 77.9 Å². The number of nitrogens with zero attached hydrogens (tertiary/aromatic N) is 3. The van der Waals surface area contributed by atoms with Crippen LogP contribution in [0.2, 0.25) is 0 Å². The summed E-state index contributed by atoms with van der Waals surface area (Å²) in [6.45, 7) is 12.7. The Labute approximate surface area is 218 Å². The number of fused-ring (bicyclic) bond motifs is 3. The number of anilines is 1. The summed E-state index contributed by atoms with van der Waals surface area (Å²) in [7, 11) is 0. The van der Waals surface area contributed by atoms with Gasteiger partial charge in [0, 0.05) is 60.5 Å². The Morgan fingerprint density at radius 1 is 1.08 bits per heavy atom. The third-order valence-corrected chi connectivity index (χ3v) is 8.87. The number of piperidine rings is 1. The summed E-state index contributed by atoms with van der Waals surface area (Å²) in [6, 6.07) is 8.16. The normalized spacial score (nSPS) is 25.6. The first-order chi connectivity index (χ1) is 17.6. The van der Waals surface area contributed by atoms with Crippen LogP contribution in [0.15, 0.2) is 36.0 Å². The zero-order chi connectivity index (χ0) is 26.1. The number of carbonyl (C=O) groups excluding carboxylic acids is 2. The molecule has 1 aromatic carbocycles. The van der Waals surface area contributed by atoms with Gasteiger partial charge in [0.25, 0.3) is 0 Å². The van der Waals surface area contributed by atoms with Gasteiger partial charge >= 0.3 is 0 Å². The van der Waals surface area contributed by atoms with Crippen molar-refractivity contribution in [2.24, 2.45) is 5.73 Å². The van der Waals surface area contributed by atoms with Crippen molar-refractivity contribution >= 4 is 23.1 Å². The fraction of sp³-hybridized carbons (Fsp3) is 0.500. The van der Waals surface area contributed by atoms with Crippen LogP contribution in [-0.2, 0) is 16.6 Å². The van der Waals surface area contributed by atoms with Crippen LogP contribution in [0.5, 0.6) is 0 Å². The number of ether oxygens (including phenoxy) is 1. The third-order valence-electron chi connectivity index (χ3n) is 8.87. The van der Waals surface area contributed by atoms with Crippen molar-refractivity contribution in [3.8, 4) is 0 Å². The number of rotatable bonds is 3. The maximum absolute atomic E-state index is 13.7. The maximum atomic E-state index is 13.7. The molecule has 194 valence electrons. The number of aromatic nitrogens is 1. The summed E-state index contributed by atoms with van der Waals surface area (Å²) >= 11 is 0. The molecule has 3 heterocycles. The molecular formula is C30H36N4O3. The molecule has 0 spiro atoms. The van der Waals surface area contributed by atoms with Crippen LogP contribution < -0.4 is 10.6 Å². The van der Waals surface area contributed by atoms with E-state index < -0.39 is 5.91 Å². The van der Waals surface area contributed by atoms with Gasteiger partial charge in [0.1, 0.15) is 5.82 Å². The van der Waals surface area contributed by atoms with Gasteiger partial charge in [-0.25, -0.2) is 4.98 Å². The zero-order valence-corrected chi connectivity index (χ0v) is 22.2. The summed E-state index contributed by atoms with van der Waals surface area (Å²) < 4.78 is 5.93. The molecule has 2 aliphatic heterocycles. The molecule has 0 radical (unpaired) electrons. The summed E-state index contributed by atoms with van der Waals surface area (Å²) in [5, 5.41) is 0. The predicted molar refractivity (Wildman–Crippen MR) is 144 cm³/mol. The summed E-state index contributed by atoms with van der Waals surface area (Å²) in [4.78, 5) is 35.2. The molecule has 2 atom stereocenters. The van der Waals surface area contributed by atoms with E-state index in [0.29, 0.717) is 23.6 Å². The molecule has 1 aromatic heterocycles. The molecule has 4 aliphatic rings. The molecular weight excluding hydrogens is 464 g/mol. The van der Waals surface area contributed by atoms with E-state index in [9.17, 15) is 9.59 Å². The SMILES string of the molecule is C[C@@H]1CN(C2CCN(c3cc4c(cn3)C(=O)C3=C(Cc5cc(C(N)=O)ccc53)C4(C)C)CC2)C[C@H](C)O1. The highest BCUT2D eigenvalue weighted by molar-refractivity contribution is 6.33. The largest absolute Gasteiger partial charge is 0.373 e. The number of pyridine rings is 1. The van der Waals surface area contributed by atoms with Crippen molar-refractivity contribution in [1.82, 2.24) is 9.88 Å². The Hall–Kier alpha value is -3.03. The molecule has 37 heavy (non-hydrogen) atoms. The zero-order valence-electron chi connectivity index (χ0n) is 22.2. The number of Topliss-reactive ketones (excluding diaryl/α,β-unsaturated/α-hetero) is 1. The standard InChI is InChI=1S/C30H36N4O3/c1-17-15-34(16-18(2)37-17)21-7-9-33(10-8-21)26-13-24-23(14-32-26)28(35)27-22-6-5-19(29(31)36)11-20(22)12-25(27)30(24,3)4/h5-6,11,13-14,17-18,21H,7-10,12,15-16H2,1-4H3,(H2,31,36)/t17-,18+. The topological polar surface area (TPSA) is 88.8 Å². The van der Waals surface area contributed by atoms with Crippen molar-refractivity contribution in [3.05, 3.63) is 63.9 Å². The van der Waals surface area contributed by atoms with E-state index in [-0.39, 0.29) is 23.4 Å². The van der Waals surface area contributed by atoms with Gasteiger partial charge in [-0.2, -0.15) is 0 Å². The molecule has 0 saturated carbocycles. The van der Waals surface area contributed by atoms with Crippen molar-refractivity contribution in [3.63, 3.8) is 0 Å². The number of hydrogen-bond donors (Lipinski definition) is 1. The number of morpholine rings is 1. The Bertz CT molecular complexity index is 1310. The van der Waals surface area contributed by atoms with Crippen LogP contribution in [0.3, 0.4) is 0 Å². The van der Waals surface area contributed by atoms with E-state index in [0.717, 1.165) is 72.7 Å². The first-order valence-corrected chi connectivity index (χ1v) is 13.5. The van der Waals surface area contributed by atoms with Gasteiger partial charge in [0.05, 0.1) is 12.2 Å². The van der Waals surface area contributed by atoms with Crippen LogP contribution in [0, 0.1) is 0 Å². The van der Waals surface area contributed by atoms with E-state index >= 15 is 0 Å². The lowest BCUT2D eigenvalue weighted by Crippen LogP contribution is -2.53. The van der Waals surface area contributed by atoms with E-state index in [2.05, 4.69) is 43.6 Å². The lowest BCUT2D eigenvalue weighted by atomic mass is 9.69. The third kappa shape index (κ3) is 3.99. The second-order valence-electron chi connectivity index (χ2n) is 11.7. The molecule has 0 bridgehead atoms. The molecule has 1 amide bonds. The van der Waals surface area contributed by atoms with Crippen molar-refractivity contribution < 1.29 is 14.3 Å². The van der Waals surface area contributed by atoms with E-state index in [1.54, 1.807) is 12.3 Å². The molecule has 2 aromatic rings. The maximum Gasteiger partial charge on any atom is 0.248 e. The van der Waals surface area contributed by atoms with Crippen LogP contribution in [0.4, 0.5) is 5.82 Å². The van der Waals surface area contributed by atoms with Crippen molar-refractivity contribution in [2.45, 2.75) is 70.6 Å². The number of allylic oxidation sites excluding steroid dienone is 2. The molecule has 2 fully saturated rings. The summed E-state index contributed by atoms with van der Waals surface area (Å²) in [5.41, 5.74) is 11.2. The van der Waals surface area contributed by atoms with Crippen molar-refractivity contribution in [2.75, 3.05) is 31.1 Å². The van der Waals surface area contributed by atoms with E-state index in [4.69, 9.17) is 15.5 Å². The molecule has 2 aliphatic carbocycles. The molecule has 0 unspecified atom stereocenters. The quantitative estimate of drug-likeness (QED) is 0.691. The van der Waals surface area contributed by atoms with Gasteiger partial charge in [0.15, 0.2) is 5.78 Å². The van der Waals surface area contributed by atoms with Crippen LogP contribution >= 0.6 is 0 Å². The van der Waals surface area contributed by atoms with Crippen molar-refractivity contribution in [1.29, 1.82) is 0 Å². The minimum Gasteiger partial charge on any atom is -0.373 e. The fourth-order valence-corrected chi connectivity index (χ4v) is 6.96. The number of benzene rings is 1. The number of ketones is 1. The predicted octanol–water partition coefficient (Wildman–Crippen LogP) is 3.74. The van der Waals surface area contributed by atoms with Gasteiger partial charge in [-0.15, -0.1) is 0 Å². The highest BCUT2D eigenvalue weighted by atomic mass is 16.5. The number of nitrogens with two attached hydrogens (primary N) is 1. The second-order valence-corrected chi connectivity index (χ2v) is 11.7. The Morgan fingerprint density at radius 3 is 2.46 bits per heavy atom. The van der Waals surface area contributed by atoms with Gasteiger partial charge in [-0.05, 0) is 73.6 Å². The highest BCUT2D eigenvalue weighted by Crippen LogP contribution is 2.50. The molecule has 2 N–H and O–H groups in total. The monoisotopic (exact) mass is 500 g/mol. The van der Waals surface area contributed by atoms with Gasteiger partial charge < -0.3 is 15.4 Å². The number of hydrogen-bond acceptors (Lipinski definition) is 6. The number of carbonyl (C=O) groups is 2. The Kier molecular flexibility index (Phi) is 5.77. The average molecular weight is 501 g/mol.